The van der Waals surface area contributed by atoms with Gasteiger partial charge in [0.1, 0.15) is 6.04 Å². The van der Waals surface area contributed by atoms with Gasteiger partial charge in [0.05, 0.1) is 0 Å². The lowest BCUT2D eigenvalue weighted by Crippen LogP contribution is -2.37. The van der Waals surface area contributed by atoms with Crippen LogP contribution in [0.4, 0.5) is 0 Å². The molecule has 0 aromatic heterocycles. The Morgan fingerprint density at radius 1 is 1.16 bits per heavy atom. The van der Waals surface area contributed by atoms with Gasteiger partial charge in [-0.15, -0.1) is 0 Å². The smallest absolute Gasteiger partial charge is 0.320 e. The zero-order valence-corrected chi connectivity index (χ0v) is 12.6. The van der Waals surface area contributed by atoms with E-state index < -0.39 is 12.0 Å². The molecule has 2 N–H and O–H groups in total. The molecule has 0 aliphatic carbocycles. The quantitative estimate of drug-likeness (QED) is 0.828. The van der Waals surface area contributed by atoms with Crippen LogP contribution in [-0.4, -0.2) is 17.1 Å². The minimum absolute atomic E-state index is 0.370. The summed E-state index contributed by atoms with van der Waals surface area (Å²) in [6, 6.07) is 3.83. The lowest BCUT2D eigenvalue weighted by molar-refractivity contribution is -0.140. The lowest BCUT2D eigenvalue weighted by atomic mass is 9.99. The Morgan fingerprint density at radius 2 is 1.74 bits per heavy atom. The highest BCUT2D eigenvalue weighted by Crippen LogP contribution is 2.16. The van der Waals surface area contributed by atoms with E-state index in [0.717, 1.165) is 0 Å². The van der Waals surface area contributed by atoms with Gasteiger partial charge in [-0.1, -0.05) is 26.0 Å². The number of carbonyl (C=O) groups is 1. The summed E-state index contributed by atoms with van der Waals surface area (Å²) in [5.74, 6) is -0.398. The lowest BCUT2D eigenvalue weighted by Gasteiger charge is -2.18. The molecule has 0 aliphatic heterocycles. The van der Waals surface area contributed by atoms with Crippen molar-refractivity contribution in [2.24, 2.45) is 5.92 Å². The van der Waals surface area contributed by atoms with Crippen LogP contribution in [0.1, 0.15) is 42.5 Å². The highest BCUT2D eigenvalue weighted by atomic mass is 16.4. The number of rotatable bonds is 6. The van der Waals surface area contributed by atoms with Crippen molar-refractivity contribution in [2.45, 2.75) is 53.6 Å². The Morgan fingerprint density at radius 3 is 2.26 bits per heavy atom. The second-order valence-corrected chi connectivity index (χ2v) is 5.76. The summed E-state index contributed by atoms with van der Waals surface area (Å²) in [4.78, 5) is 11.2. The number of aryl methyl sites for hydroxylation is 3. The summed E-state index contributed by atoms with van der Waals surface area (Å²) in [6.07, 6.45) is 0.652. The van der Waals surface area contributed by atoms with Crippen molar-refractivity contribution < 1.29 is 9.90 Å². The third-order valence-electron chi connectivity index (χ3n) is 3.50. The largest absolute Gasteiger partial charge is 0.480 e. The van der Waals surface area contributed by atoms with E-state index in [2.05, 4.69) is 38.2 Å². The fraction of sp³-hybridized carbons (Fsp3) is 0.562. The topological polar surface area (TPSA) is 49.3 Å². The maximum Gasteiger partial charge on any atom is 0.320 e. The molecule has 19 heavy (non-hydrogen) atoms. The normalized spacial score (nSPS) is 12.7. The van der Waals surface area contributed by atoms with Crippen LogP contribution in [0.25, 0.3) is 0 Å². The van der Waals surface area contributed by atoms with Crippen LogP contribution < -0.4 is 5.32 Å². The van der Waals surface area contributed by atoms with E-state index >= 15 is 0 Å². The highest BCUT2D eigenvalue weighted by Gasteiger charge is 2.18. The van der Waals surface area contributed by atoms with Crippen molar-refractivity contribution in [3.05, 3.63) is 34.4 Å². The summed E-state index contributed by atoms with van der Waals surface area (Å²) in [5, 5.41) is 12.4. The van der Waals surface area contributed by atoms with E-state index in [-0.39, 0.29) is 0 Å². The van der Waals surface area contributed by atoms with Gasteiger partial charge in [-0.3, -0.25) is 4.79 Å². The predicted octanol–water partition coefficient (Wildman–Crippen LogP) is 3.20. The van der Waals surface area contributed by atoms with Gasteiger partial charge in [-0.25, -0.2) is 0 Å². The second kappa shape index (κ2) is 6.71. The first kappa shape index (κ1) is 15.7. The minimum atomic E-state index is -0.768. The van der Waals surface area contributed by atoms with Crippen LogP contribution in [0.2, 0.25) is 0 Å². The first-order valence-corrected chi connectivity index (χ1v) is 6.84. The number of nitrogens with one attached hydrogen (secondary N) is 1. The van der Waals surface area contributed by atoms with Gasteiger partial charge in [0.2, 0.25) is 0 Å². The molecule has 0 bridgehead atoms. The minimum Gasteiger partial charge on any atom is -0.480 e. The van der Waals surface area contributed by atoms with Crippen LogP contribution in [-0.2, 0) is 11.3 Å². The van der Waals surface area contributed by atoms with E-state index in [1.54, 1.807) is 0 Å². The SMILES string of the molecule is Cc1cc(C)c(CN[C@H](CC(C)C)C(=O)O)cc1C. The molecule has 0 amide bonds. The molecular formula is C16H25NO2. The fourth-order valence-electron chi connectivity index (χ4n) is 2.19. The molecule has 1 rings (SSSR count). The van der Waals surface area contributed by atoms with Gasteiger partial charge >= 0.3 is 5.97 Å². The summed E-state index contributed by atoms with van der Waals surface area (Å²) in [6.45, 7) is 10.9. The standard InChI is InChI=1S/C16H25NO2/c1-10(2)6-15(16(18)19)17-9-14-8-12(4)11(3)7-13(14)5/h7-8,10,15,17H,6,9H2,1-5H3,(H,18,19)/t15-/m1/s1. The molecule has 0 unspecified atom stereocenters. The number of carboxylic acids is 1. The number of hydrogen-bond acceptors (Lipinski definition) is 2. The molecule has 0 saturated heterocycles. The average molecular weight is 263 g/mol. The summed E-state index contributed by atoms with van der Waals surface area (Å²) in [5.41, 5.74) is 4.92. The first-order valence-electron chi connectivity index (χ1n) is 6.84. The maximum absolute atomic E-state index is 11.2. The van der Waals surface area contributed by atoms with Gasteiger partial charge < -0.3 is 10.4 Å². The monoisotopic (exact) mass is 263 g/mol. The number of hydrogen-bond donors (Lipinski definition) is 2. The molecule has 0 heterocycles. The van der Waals surface area contributed by atoms with Gasteiger partial charge in [0.15, 0.2) is 0 Å². The first-order chi connectivity index (χ1) is 8.81. The third-order valence-corrected chi connectivity index (χ3v) is 3.50. The molecule has 106 valence electrons. The molecule has 1 atom stereocenters. The average Bonchev–Trinajstić information content (AvgIpc) is 2.29. The summed E-state index contributed by atoms with van der Waals surface area (Å²) in [7, 11) is 0. The van der Waals surface area contributed by atoms with Crippen molar-refractivity contribution in [3.63, 3.8) is 0 Å². The molecule has 3 heteroatoms. The maximum atomic E-state index is 11.2. The molecule has 0 spiro atoms. The van der Waals surface area contributed by atoms with E-state index in [1.807, 2.05) is 13.8 Å². The summed E-state index contributed by atoms with van der Waals surface area (Å²) >= 11 is 0. The van der Waals surface area contributed by atoms with Gasteiger partial charge in [-0.05, 0) is 55.4 Å². The van der Waals surface area contributed by atoms with Crippen LogP contribution in [0.3, 0.4) is 0 Å². The predicted molar refractivity (Wildman–Crippen MR) is 78.4 cm³/mol. The Balaban J connectivity index is 2.74. The molecular weight excluding hydrogens is 238 g/mol. The zero-order chi connectivity index (χ0) is 14.6. The van der Waals surface area contributed by atoms with Gasteiger partial charge in [-0.2, -0.15) is 0 Å². The fourth-order valence-corrected chi connectivity index (χ4v) is 2.19. The third kappa shape index (κ3) is 4.67. The Labute approximate surface area is 116 Å². The molecule has 3 nitrogen and oxygen atoms in total. The molecule has 0 saturated carbocycles. The Kier molecular flexibility index (Phi) is 5.55. The Hall–Kier alpha value is -1.35. The molecule has 1 aromatic carbocycles. The van der Waals surface area contributed by atoms with Crippen molar-refractivity contribution in [1.82, 2.24) is 5.32 Å². The van der Waals surface area contributed by atoms with Crippen LogP contribution >= 0.6 is 0 Å². The highest BCUT2D eigenvalue weighted by molar-refractivity contribution is 5.73. The Bertz CT molecular complexity index is 452. The summed E-state index contributed by atoms with van der Waals surface area (Å²) < 4.78 is 0. The number of aliphatic carboxylic acids is 1. The number of benzene rings is 1. The van der Waals surface area contributed by atoms with E-state index in [4.69, 9.17) is 0 Å². The van der Waals surface area contributed by atoms with Crippen molar-refractivity contribution in [3.8, 4) is 0 Å². The van der Waals surface area contributed by atoms with Crippen molar-refractivity contribution >= 4 is 5.97 Å². The second-order valence-electron chi connectivity index (χ2n) is 5.76. The molecule has 0 radical (unpaired) electrons. The van der Waals surface area contributed by atoms with Crippen molar-refractivity contribution in [1.29, 1.82) is 0 Å². The van der Waals surface area contributed by atoms with E-state index in [1.165, 1.54) is 22.3 Å². The molecule has 0 aliphatic rings. The molecule has 1 aromatic rings. The van der Waals surface area contributed by atoms with E-state index in [0.29, 0.717) is 18.9 Å². The van der Waals surface area contributed by atoms with Crippen LogP contribution in [0.15, 0.2) is 12.1 Å². The molecule has 0 fully saturated rings. The van der Waals surface area contributed by atoms with Crippen LogP contribution in [0, 0.1) is 26.7 Å². The van der Waals surface area contributed by atoms with Gasteiger partial charge in [0, 0.05) is 6.54 Å². The van der Waals surface area contributed by atoms with Crippen molar-refractivity contribution in [2.75, 3.05) is 0 Å². The van der Waals surface area contributed by atoms with Gasteiger partial charge in [0.25, 0.3) is 0 Å². The van der Waals surface area contributed by atoms with E-state index in [9.17, 15) is 9.90 Å². The van der Waals surface area contributed by atoms with Crippen LogP contribution in [0.5, 0.6) is 0 Å². The zero-order valence-electron chi connectivity index (χ0n) is 12.6. The number of carboxylic acid groups (broad SMARTS) is 1.